The Morgan fingerprint density at radius 1 is 1.17 bits per heavy atom. The summed E-state index contributed by atoms with van der Waals surface area (Å²) in [7, 11) is 0. The van der Waals surface area contributed by atoms with Crippen LogP contribution in [0.15, 0.2) is 6.07 Å². The number of hydrogen-bond acceptors (Lipinski definition) is 4. The van der Waals surface area contributed by atoms with Gasteiger partial charge in [-0.3, -0.25) is 9.58 Å². The van der Waals surface area contributed by atoms with Gasteiger partial charge in [0.15, 0.2) is 0 Å². The average molecular weight is 335 g/mol. The average Bonchev–Trinajstić information content (AvgIpc) is 2.92. The van der Waals surface area contributed by atoms with Crippen molar-refractivity contribution in [3.8, 4) is 0 Å². The molecule has 3 rings (SSSR count). The van der Waals surface area contributed by atoms with Crippen molar-refractivity contribution in [1.82, 2.24) is 20.0 Å². The topological polar surface area (TPSA) is 42.3 Å². The zero-order chi connectivity index (χ0) is 16.9. The van der Waals surface area contributed by atoms with E-state index >= 15 is 0 Å². The minimum Gasteiger partial charge on any atom is -0.374 e. The van der Waals surface area contributed by atoms with E-state index in [4.69, 9.17) is 9.84 Å². The van der Waals surface area contributed by atoms with Gasteiger partial charge in [0.1, 0.15) is 0 Å². The van der Waals surface area contributed by atoms with Crippen LogP contribution < -0.4 is 5.32 Å². The smallest absolute Gasteiger partial charge is 0.0907 e. The van der Waals surface area contributed by atoms with Crippen LogP contribution in [0.25, 0.3) is 0 Å². The number of rotatable bonds is 6. The van der Waals surface area contributed by atoms with Crippen LogP contribution in [-0.4, -0.2) is 53.0 Å². The van der Waals surface area contributed by atoms with Crippen LogP contribution in [0.4, 0.5) is 0 Å². The zero-order valence-electron chi connectivity index (χ0n) is 15.6. The van der Waals surface area contributed by atoms with Crippen molar-refractivity contribution in [1.29, 1.82) is 0 Å². The SMILES string of the molecule is Cc1cc(COCCN2CC(C)NC(C)C2)nn1C1CCCCC1. The Labute approximate surface area is 146 Å². The van der Waals surface area contributed by atoms with E-state index in [0.29, 0.717) is 24.7 Å². The zero-order valence-corrected chi connectivity index (χ0v) is 15.6. The summed E-state index contributed by atoms with van der Waals surface area (Å²) < 4.78 is 8.16. The van der Waals surface area contributed by atoms with Gasteiger partial charge in [-0.15, -0.1) is 0 Å². The van der Waals surface area contributed by atoms with Crippen LogP contribution in [-0.2, 0) is 11.3 Å². The molecule has 0 aromatic carbocycles. The molecule has 0 bridgehead atoms. The predicted molar refractivity (Wildman–Crippen MR) is 97.2 cm³/mol. The number of nitrogens with zero attached hydrogens (tertiary/aromatic N) is 3. The van der Waals surface area contributed by atoms with Gasteiger partial charge in [0.25, 0.3) is 0 Å². The number of ether oxygens (including phenoxy) is 1. The van der Waals surface area contributed by atoms with E-state index in [9.17, 15) is 0 Å². The first-order chi connectivity index (χ1) is 11.6. The molecule has 1 aliphatic heterocycles. The molecule has 0 amide bonds. The fourth-order valence-electron chi connectivity index (χ4n) is 4.31. The van der Waals surface area contributed by atoms with Crippen LogP contribution in [0.1, 0.15) is 63.4 Å². The maximum Gasteiger partial charge on any atom is 0.0907 e. The molecule has 24 heavy (non-hydrogen) atoms. The lowest BCUT2D eigenvalue weighted by Gasteiger charge is -2.35. The summed E-state index contributed by atoms with van der Waals surface area (Å²) in [6.07, 6.45) is 6.63. The number of aryl methyl sites for hydroxylation is 1. The van der Waals surface area contributed by atoms with E-state index in [-0.39, 0.29) is 0 Å². The van der Waals surface area contributed by atoms with E-state index < -0.39 is 0 Å². The van der Waals surface area contributed by atoms with Crippen LogP contribution in [0.3, 0.4) is 0 Å². The maximum atomic E-state index is 5.91. The Hall–Kier alpha value is -0.910. The Balaban J connectivity index is 1.42. The molecule has 2 aliphatic rings. The standard InChI is InChI=1S/C19H34N4O/c1-15-12-22(13-16(2)20-15)9-10-24-14-18-11-17(3)23(21-18)19-7-5-4-6-8-19/h11,15-16,19-20H,4-10,12-14H2,1-3H3. The van der Waals surface area contributed by atoms with Crippen molar-refractivity contribution in [2.45, 2.75) is 77.6 Å². The first-order valence-corrected chi connectivity index (χ1v) is 9.73. The molecular formula is C19H34N4O. The minimum absolute atomic E-state index is 0.572. The van der Waals surface area contributed by atoms with Gasteiger partial charge in [-0.25, -0.2) is 0 Å². The number of piperazine rings is 1. The molecule has 1 N–H and O–H groups in total. The lowest BCUT2D eigenvalue weighted by Crippen LogP contribution is -2.54. The molecular weight excluding hydrogens is 300 g/mol. The van der Waals surface area contributed by atoms with E-state index in [1.165, 1.54) is 37.8 Å². The van der Waals surface area contributed by atoms with Crippen LogP contribution in [0.2, 0.25) is 0 Å². The quantitative estimate of drug-likeness (QED) is 0.812. The largest absolute Gasteiger partial charge is 0.374 e. The summed E-state index contributed by atoms with van der Waals surface area (Å²) in [4.78, 5) is 2.50. The first-order valence-electron chi connectivity index (χ1n) is 9.73. The van der Waals surface area contributed by atoms with Crippen LogP contribution >= 0.6 is 0 Å². The lowest BCUT2D eigenvalue weighted by atomic mass is 9.95. The van der Waals surface area contributed by atoms with E-state index in [1.54, 1.807) is 0 Å². The van der Waals surface area contributed by atoms with Crippen molar-refractivity contribution in [2.75, 3.05) is 26.2 Å². The molecule has 1 aromatic heterocycles. The highest BCUT2D eigenvalue weighted by molar-refractivity contribution is 5.09. The Bertz CT molecular complexity index is 499. The molecule has 2 fully saturated rings. The highest BCUT2D eigenvalue weighted by Gasteiger charge is 2.21. The molecule has 1 aliphatic carbocycles. The maximum absolute atomic E-state index is 5.91. The van der Waals surface area contributed by atoms with Crippen molar-refractivity contribution < 1.29 is 4.74 Å². The molecule has 136 valence electrons. The van der Waals surface area contributed by atoms with E-state index in [1.807, 2.05) is 0 Å². The second-order valence-electron chi connectivity index (χ2n) is 7.79. The monoisotopic (exact) mass is 334 g/mol. The summed E-state index contributed by atoms with van der Waals surface area (Å²) in [5.74, 6) is 0. The highest BCUT2D eigenvalue weighted by Crippen LogP contribution is 2.28. The second kappa shape index (κ2) is 8.45. The third-order valence-corrected chi connectivity index (χ3v) is 5.33. The van der Waals surface area contributed by atoms with Gasteiger partial charge in [0.05, 0.1) is 24.9 Å². The summed E-state index contributed by atoms with van der Waals surface area (Å²) in [6.45, 7) is 11.3. The number of aromatic nitrogens is 2. The molecule has 5 nitrogen and oxygen atoms in total. The number of hydrogen-bond donors (Lipinski definition) is 1. The van der Waals surface area contributed by atoms with Gasteiger partial charge >= 0.3 is 0 Å². The van der Waals surface area contributed by atoms with Crippen molar-refractivity contribution in [3.05, 3.63) is 17.5 Å². The third kappa shape index (κ3) is 4.80. The number of nitrogens with one attached hydrogen (secondary N) is 1. The van der Waals surface area contributed by atoms with Crippen molar-refractivity contribution >= 4 is 0 Å². The molecule has 0 radical (unpaired) electrons. The fraction of sp³-hybridized carbons (Fsp3) is 0.842. The summed E-state index contributed by atoms with van der Waals surface area (Å²) in [6, 6.07) is 3.95. The highest BCUT2D eigenvalue weighted by atomic mass is 16.5. The van der Waals surface area contributed by atoms with Crippen molar-refractivity contribution in [2.24, 2.45) is 0 Å². The van der Waals surface area contributed by atoms with Gasteiger partial charge in [0, 0.05) is 37.4 Å². The van der Waals surface area contributed by atoms with Gasteiger partial charge < -0.3 is 10.1 Å². The van der Waals surface area contributed by atoms with Gasteiger partial charge in [0.2, 0.25) is 0 Å². The second-order valence-corrected chi connectivity index (χ2v) is 7.79. The predicted octanol–water partition coefficient (Wildman–Crippen LogP) is 2.90. The minimum atomic E-state index is 0.572. The van der Waals surface area contributed by atoms with Crippen LogP contribution in [0, 0.1) is 6.92 Å². The summed E-state index contributed by atoms with van der Waals surface area (Å²) >= 11 is 0. The summed E-state index contributed by atoms with van der Waals surface area (Å²) in [5.41, 5.74) is 2.37. The Kier molecular flexibility index (Phi) is 6.31. The molecule has 2 unspecified atom stereocenters. The third-order valence-electron chi connectivity index (χ3n) is 5.33. The first kappa shape index (κ1) is 17.9. The molecule has 1 aromatic rings. The molecule has 1 saturated carbocycles. The van der Waals surface area contributed by atoms with Crippen LogP contribution in [0.5, 0.6) is 0 Å². The van der Waals surface area contributed by atoms with Gasteiger partial charge in [-0.1, -0.05) is 19.3 Å². The molecule has 2 atom stereocenters. The van der Waals surface area contributed by atoms with E-state index in [2.05, 4.69) is 41.7 Å². The summed E-state index contributed by atoms with van der Waals surface area (Å²) in [5, 5.41) is 8.38. The fourth-order valence-corrected chi connectivity index (χ4v) is 4.31. The lowest BCUT2D eigenvalue weighted by molar-refractivity contribution is 0.0745. The Morgan fingerprint density at radius 3 is 2.58 bits per heavy atom. The molecule has 1 saturated heterocycles. The normalized spacial score (nSPS) is 26.8. The molecule has 5 heteroatoms. The van der Waals surface area contributed by atoms with Crippen molar-refractivity contribution in [3.63, 3.8) is 0 Å². The van der Waals surface area contributed by atoms with Gasteiger partial charge in [-0.05, 0) is 39.7 Å². The molecule has 0 spiro atoms. The van der Waals surface area contributed by atoms with Gasteiger partial charge in [-0.2, -0.15) is 5.10 Å². The van der Waals surface area contributed by atoms with E-state index in [0.717, 1.165) is 31.9 Å². The molecule has 2 heterocycles. The Morgan fingerprint density at radius 2 is 1.88 bits per heavy atom.